The number of hydrogen-bond donors (Lipinski definition) is 1. The Morgan fingerprint density at radius 3 is 2.36 bits per heavy atom. The summed E-state index contributed by atoms with van der Waals surface area (Å²) in [4.78, 5) is 43.6. The van der Waals surface area contributed by atoms with Gasteiger partial charge >= 0.3 is 6.03 Å². The minimum absolute atomic E-state index is 0.141. The molecule has 150 valence electrons. The van der Waals surface area contributed by atoms with Crippen molar-refractivity contribution in [2.45, 2.75) is 50.7 Å². The van der Waals surface area contributed by atoms with Crippen molar-refractivity contribution in [3.8, 4) is 0 Å². The Morgan fingerprint density at radius 2 is 1.71 bits per heavy atom. The molecule has 0 aromatic heterocycles. The molecule has 1 atom stereocenters. The van der Waals surface area contributed by atoms with Crippen molar-refractivity contribution in [3.63, 3.8) is 0 Å². The number of carbonyl (C=O) groups is 3. The average molecular weight is 384 g/mol. The SMILES string of the molecule is CC(C(=O)N1CCN(Cc2ccccc2)CC1)N1C(=O)NC2(CCCC2)C1=O. The van der Waals surface area contributed by atoms with Gasteiger partial charge in [0.25, 0.3) is 5.91 Å². The van der Waals surface area contributed by atoms with Crippen LogP contribution < -0.4 is 5.32 Å². The smallest absolute Gasteiger partial charge is 0.325 e. The van der Waals surface area contributed by atoms with Gasteiger partial charge in [0.15, 0.2) is 0 Å². The van der Waals surface area contributed by atoms with E-state index in [0.717, 1.165) is 37.4 Å². The first-order chi connectivity index (χ1) is 13.5. The molecular weight excluding hydrogens is 356 g/mol. The summed E-state index contributed by atoms with van der Waals surface area (Å²) in [6.45, 7) is 5.35. The van der Waals surface area contributed by atoms with Crippen LogP contribution in [0.1, 0.15) is 38.2 Å². The molecule has 4 rings (SSSR count). The van der Waals surface area contributed by atoms with Gasteiger partial charge in [-0.3, -0.25) is 14.5 Å². The van der Waals surface area contributed by atoms with Crippen molar-refractivity contribution >= 4 is 17.8 Å². The van der Waals surface area contributed by atoms with Crippen LogP contribution in [-0.4, -0.2) is 70.3 Å². The van der Waals surface area contributed by atoms with Gasteiger partial charge in [0.05, 0.1) is 0 Å². The molecule has 1 saturated carbocycles. The van der Waals surface area contributed by atoms with Crippen LogP contribution in [0.25, 0.3) is 0 Å². The second kappa shape index (κ2) is 7.54. The van der Waals surface area contributed by atoms with Gasteiger partial charge in [0.1, 0.15) is 11.6 Å². The monoisotopic (exact) mass is 384 g/mol. The van der Waals surface area contributed by atoms with E-state index in [0.29, 0.717) is 25.9 Å². The number of carbonyl (C=O) groups excluding carboxylic acids is 3. The van der Waals surface area contributed by atoms with E-state index < -0.39 is 17.6 Å². The molecule has 1 spiro atoms. The molecule has 2 aliphatic heterocycles. The molecule has 2 saturated heterocycles. The Bertz CT molecular complexity index is 752. The lowest BCUT2D eigenvalue weighted by Gasteiger charge is -2.37. The van der Waals surface area contributed by atoms with Crippen LogP contribution in [0, 0.1) is 0 Å². The third-order valence-corrected chi connectivity index (χ3v) is 6.33. The fourth-order valence-electron chi connectivity index (χ4n) is 4.65. The normalized spacial score (nSPS) is 23.3. The van der Waals surface area contributed by atoms with Gasteiger partial charge in [0.2, 0.25) is 5.91 Å². The molecule has 1 aliphatic carbocycles. The lowest BCUT2D eigenvalue weighted by Crippen LogP contribution is -2.55. The lowest BCUT2D eigenvalue weighted by atomic mass is 9.97. The largest absolute Gasteiger partial charge is 0.338 e. The first-order valence-corrected chi connectivity index (χ1v) is 10.2. The highest BCUT2D eigenvalue weighted by atomic mass is 16.2. The van der Waals surface area contributed by atoms with Crippen molar-refractivity contribution < 1.29 is 14.4 Å². The van der Waals surface area contributed by atoms with Crippen LogP contribution in [0.3, 0.4) is 0 Å². The zero-order valence-corrected chi connectivity index (χ0v) is 16.4. The second-order valence-electron chi connectivity index (χ2n) is 8.16. The topological polar surface area (TPSA) is 73.0 Å². The number of hydrogen-bond acceptors (Lipinski definition) is 4. The minimum Gasteiger partial charge on any atom is -0.338 e. The molecule has 28 heavy (non-hydrogen) atoms. The predicted molar refractivity (Wildman–Crippen MR) is 104 cm³/mol. The number of imide groups is 1. The standard InChI is InChI=1S/C21H28N4O3/c1-16(25-19(27)21(22-20(25)28)9-5-6-10-21)18(26)24-13-11-23(12-14-24)15-17-7-3-2-4-8-17/h2-4,7-8,16H,5-6,9-15H2,1H3,(H,22,28). The molecule has 2 heterocycles. The van der Waals surface area contributed by atoms with Crippen LogP contribution in [0.5, 0.6) is 0 Å². The highest BCUT2D eigenvalue weighted by Crippen LogP contribution is 2.36. The van der Waals surface area contributed by atoms with Crippen molar-refractivity contribution in [3.05, 3.63) is 35.9 Å². The maximum atomic E-state index is 13.0. The Hall–Kier alpha value is -2.41. The fourth-order valence-corrected chi connectivity index (χ4v) is 4.65. The van der Waals surface area contributed by atoms with E-state index in [1.54, 1.807) is 11.8 Å². The molecular formula is C21H28N4O3. The van der Waals surface area contributed by atoms with E-state index in [2.05, 4.69) is 22.3 Å². The number of benzene rings is 1. The first-order valence-electron chi connectivity index (χ1n) is 10.2. The van der Waals surface area contributed by atoms with Gasteiger partial charge in [-0.2, -0.15) is 0 Å². The average Bonchev–Trinajstić information content (AvgIpc) is 3.27. The van der Waals surface area contributed by atoms with E-state index in [9.17, 15) is 14.4 Å². The molecule has 1 N–H and O–H groups in total. The predicted octanol–water partition coefficient (Wildman–Crippen LogP) is 1.58. The summed E-state index contributed by atoms with van der Waals surface area (Å²) >= 11 is 0. The number of nitrogens with one attached hydrogen (secondary N) is 1. The summed E-state index contributed by atoms with van der Waals surface area (Å²) in [5, 5.41) is 2.86. The molecule has 4 amide bonds. The third kappa shape index (κ3) is 3.39. The number of rotatable bonds is 4. The number of nitrogens with zero attached hydrogens (tertiary/aromatic N) is 3. The maximum Gasteiger partial charge on any atom is 0.325 e. The molecule has 1 aromatic carbocycles. The number of amides is 4. The summed E-state index contributed by atoms with van der Waals surface area (Å²) < 4.78 is 0. The summed E-state index contributed by atoms with van der Waals surface area (Å²) in [5.74, 6) is -0.364. The highest BCUT2D eigenvalue weighted by Gasteiger charge is 2.54. The third-order valence-electron chi connectivity index (χ3n) is 6.33. The summed E-state index contributed by atoms with van der Waals surface area (Å²) in [6, 6.07) is 9.11. The van der Waals surface area contributed by atoms with Gasteiger partial charge in [-0.05, 0) is 25.3 Å². The van der Waals surface area contributed by atoms with E-state index in [1.165, 1.54) is 5.56 Å². The second-order valence-corrected chi connectivity index (χ2v) is 8.16. The number of urea groups is 1. The zero-order valence-electron chi connectivity index (χ0n) is 16.4. The van der Waals surface area contributed by atoms with E-state index in [-0.39, 0.29) is 11.8 Å². The minimum atomic E-state index is -0.764. The zero-order chi connectivity index (χ0) is 19.7. The van der Waals surface area contributed by atoms with Crippen molar-refractivity contribution in [2.75, 3.05) is 26.2 Å². The quantitative estimate of drug-likeness (QED) is 0.800. The summed E-state index contributed by atoms with van der Waals surface area (Å²) in [5.41, 5.74) is 0.497. The molecule has 0 bridgehead atoms. The van der Waals surface area contributed by atoms with Crippen molar-refractivity contribution in [1.82, 2.24) is 20.0 Å². The molecule has 7 nitrogen and oxygen atoms in total. The van der Waals surface area contributed by atoms with E-state index in [1.807, 2.05) is 18.2 Å². The van der Waals surface area contributed by atoms with Crippen LogP contribution in [0.4, 0.5) is 4.79 Å². The molecule has 7 heteroatoms. The highest BCUT2D eigenvalue weighted by molar-refractivity contribution is 6.09. The molecule has 3 aliphatic rings. The van der Waals surface area contributed by atoms with Gasteiger partial charge in [0, 0.05) is 32.7 Å². The fraction of sp³-hybridized carbons (Fsp3) is 0.571. The van der Waals surface area contributed by atoms with Crippen LogP contribution in [0.2, 0.25) is 0 Å². The van der Waals surface area contributed by atoms with Gasteiger partial charge in [-0.25, -0.2) is 9.69 Å². The Labute approximate surface area is 165 Å². The molecule has 0 radical (unpaired) electrons. The number of piperazine rings is 1. The van der Waals surface area contributed by atoms with Crippen LogP contribution >= 0.6 is 0 Å². The Kier molecular flexibility index (Phi) is 5.10. The van der Waals surface area contributed by atoms with Gasteiger partial charge in [-0.1, -0.05) is 43.2 Å². The van der Waals surface area contributed by atoms with Crippen molar-refractivity contribution in [2.24, 2.45) is 0 Å². The van der Waals surface area contributed by atoms with Crippen molar-refractivity contribution in [1.29, 1.82) is 0 Å². The molecule has 1 unspecified atom stereocenters. The van der Waals surface area contributed by atoms with E-state index >= 15 is 0 Å². The van der Waals surface area contributed by atoms with E-state index in [4.69, 9.17) is 0 Å². The molecule has 3 fully saturated rings. The summed E-state index contributed by atoms with van der Waals surface area (Å²) in [7, 11) is 0. The summed E-state index contributed by atoms with van der Waals surface area (Å²) in [6.07, 6.45) is 3.22. The lowest BCUT2D eigenvalue weighted by molar-refractivity contribution is -0.144. The van der Waals surface area contributed by atoms with Crippen LogP contribution in [0.15, 0.2) is 30.3 Å². The molecule has 1 aromatic rings. The Morgan fingerprint density at radius 1 is 1.07 bits per heavy atom. The van der Waals surface area contributed by atoms with Gasteiger partial charge < -0.3 is 10.2 Å². The Balaban J connectivity index is 1.35. The maximum absolute atomic E-state index is 13.0. The van der Waals surface area contributed by atoms with Gasteiger partial charge in [-0.15, -0.1) is 0 Å². The van der Waals surface area contributed by atoms with Crippen LogP contribution in [-0.2, 0) is 16.1 Å². The first kappa shape index (κ1) is 18.9.